The lowest BCUT2D eigenvalue weighted by atomic mass is 10.2. The molecule has 2 aromatic heterocycles. The molecule has 1 fully saturated rings. The third kappa shape index (κ3) is 2.86. The summed E-state index contributed by atoms with van der Waals surface area (Å²) in [6, 6.07) is 0. The first kappa shape index (κ1) is 13.2. The van der Waals surface area contributed by atoms with Gasteiger partial charge in [-0.3, -0.25) is 14.9 Å². The third-order valence-electron chi connectivity index (χ3n) is 3.59. The molecule has 0 spiro atoms. The molecular formula is C14H19N5O. The number of nitrogens with one attached hydrogen (secondary N) is 1. The molecule has 1 aliphatic heterocycles. The zero-order valence-electron chi connectivity index (χ0n) is 11.8. The summed E-state index contributed by atoms with van der Waals surface area (Å²) in [4.78, 5) is 18.5. The van der Waals surface area contributed by atoms with Crippen molar-refractivity contribution in [3.05, 3.63) is 41.5 Å². The van der Waals surface area contributed by atoms with Gasteiger partial charge in [0.25, 0.3) is 0 Å². The Kier molecular flexibility index (Phi) is 3.75. The maximum atomic E-state index is 5.81. The molecule has 6 heteroatoms. The standard InChI is InChI=1S/C14H19N5O/c1-10-5-16-12(6-15-10)14-8-19(3-4-20-14)7-13-11(2)17-9-18-13/h5-6,9,14H,3-4,7-8H2,1-2H3,(H,17,18)/t14-/m0/s1. The Hall–Kier alpha value is -1.79. The lowest BCUT2D eigenvalue weighted by Crippen LogP contribution is -2.38. The van der Waals surface area contributed by atoms with Crippen LogP contribution in [0.4, 0.5) is 0 Å². The Balaban J connectivity index is 1.67. The van der Waals surface area contributed by atoms with Crippen molar-refractivity contribution in [1.29, 1.82) is 0 Å². The van der Waals surface area contributed by atoms with Crippen LogP contribution in [0.2, 0.25) is 0 Å². The van der Waals surface area contributed by atoms with Crippen LogP contribution in [0, 0.1) is 13.8 Å². The average molecular weight is 273 g/mol. The summed E-state index contributed by atoms with van der Waals surface area (Å²) >= 11 is 0. The second-order valence-corrected chi connectivity index (χ2v) is 5.15. The van der Waals surface area contributed by atoms with E-state index < -0.39 is 0 Å². The van der Waals surface area contributed by atoms with E-state index in [9.17, 15) is 0 Å². The van der Waals surface area contributed by atoms with Gasteiger partial charge >= 0.3 is 0 Å². The maximum Gasteiger partial charge on any atom is 0.114 e. The Labute approximate surface area is 118 Å². The number of aromatic amines is 1. The van der Waals surface area contributed by atoms with Crippen molar-refractivity contribution < 1.29 is 4.74 Å². The number of imidazole rings is 1. The molecule has 0 bridgehead atoms. The van der Waals surface area contributed by atoms with Gasteiger partial charge in [0.2, 0.25) is 0 Å². The number of hydrogen-bond acceptors (Lipinski definition) is 5. The van der Waals surface area contributed by atoms with E-state index in [0.717, 1.165) is 42.4 Å². The van der Waals surface area contributed by atoms with Crippen LogP contribution in [-0.4, -0.2) is 44.5 Å². The molecule has 20 heavy (non-hydrogen) atoms. The number of rotatable bonds is 3. The van der Waals surface area contributed by atoms with E-state index in [1.54, 1.807) is 12.5 Å². The smallest absolute Gasteiger partial charge is 0.114 e. The third-order valence-corrected chi connectivity index (χ3v) is 3.59. The highest BCUT2D eigenvalue weighted by molar-refractivity contribution is 5.09. The van der Waals surface area contributed by atoms with Crippen LogP contribution in [0.5, 0.6) is 0 Å². The molecule has 0 amide bonds. The molecule has 106 valence electrons. The number of nitrogens with zero attached hydrogens (tertiary/aromatic N) is 4. The number of aryl methyl sites for hydroxylation is 2. The van der Waals surface area contributed by atoms with Crippen molar-refractivity contribution in [3.8, 4) is 0 Å². The van der Waals surface area contributed by atoms with E-state index in [-0.39, 0.29) is 6.10 Å². The van der Waals surface area contributed by atoms with Crippen LogP contribution in [0.1, 0.15) is 28.9 Å². The van der Waals surface area contributed by atoms with E-state index >= 15 is 0 Å². The lowest BCUT2D eigenvalue weighted by molar-refractivity contribution is -0.0355. The van der Waals surface area contributed by atoms with E-state index in [4.69, 9.17) is 4.74 Å². The fourth-order valence-electron chi connectivity index (χ4n) is 2.35. The van der Waals surface area contributed by atoms with Crippen molar-refractivity contribution in [2.24, 2.45) is 0 Å². The van der Waals surface area contributed by atoms with Crippen LogP contribution < -0.4 is 0 Å². The summed E-state index contributed by atoms with van der Waals surface area (Å²) in [5, 5.41) is 0. The van der Waals surface area contributed by atoms with Gasteiger partial charge in [-0.15, -0.1) is 0 Å². The highest BCUT2D eigenvalue weighted by atomic mass is 16.5. The average Bonchev–Trinajstić information content (AvgIpc) is 2.85. The molecule has 1 N–H and O–H groups in total. The molecule has 0 radical (unpaired) electrons. The summed E-state index contributed by atoms with van der Waals surface area (Å²) in [6.07, 6.45) is 5.34. The number of H-pyrrole nitrogens is 1. The second kappa shape index (κ2) is 5.68. The summed E-state index contributed by atoms with van der Waals surface area (Å²) in [6.45, 7) is 7.28. The molecule has 0 aliphatic carbocycles. The van der Waals surface area contributed by atoms with Crippen LogP contribution >= 0.6 is 0 Å². The minimum atomic E-state index is -0.00361. The predicted octanol–water partition coefficient (Wildman–Crippen LogP) is 1.39. The van der Waals surface area contributed by atoms with Gasteiger partial charge in [0.15, 0.2) is 0 Å². The van der Waals surface area contributed by atoms with Crippen molar-refractivity contribution in [1.82, 2.24) is 24.8 Å². The number of ether oxygens (including phenoxy) is 1. The van der Waals surface area contributed by atoms with Gasteiger partial charge in [0.1, 0.15) is 6.10 Å². The van der Waals surface area contributed by atoms with Gasteiger partial charge in [0, 0.05) is 31.5 Å². The van der Waals surface area contributed by atoms with Crippen LogP contribution in [-0.2, 0) is 11.3 Å². The van der Waals surface area contributed by atoms with Gasteiger partial charge in [0.05, 0.1) is 36.2 Å². The fourth-order valence-corrected chi connectivity index (χ4v) is 2.35. The molecule has 6 nitrogen and oxygen atoms in total. The van der Waals surface area contributed by atoms with Crippen molar-refractivity contribution in [2.75, 3.05) is 19.7 Å². The van der Waals surface area contributed by atoms with Crippen molar-refractivity contribution in [2.45, 2.75) is 26.5 Å². The molecule has 1 aliphatic rings. The first-order chi connectivity index (χ1) is 9.72. The van der Waals surface area contributed by atoms with Crippen molar-refractivity contribution >= 4 is 0 Å². The minimum Gasteiger partial charge on any atom is -0.369 e. The Morgan fingerprint density at radius 3 is 2.90 bits per heavy atom. The van der Waals surface area contributed by atoms with E-state index in [0.29, 0.717) is 6.61 Å². The van der Waals surface area contributed by atoms with Crippen LogP contribution in [0.25, 0.3) is 0 Å². The Morgan fingerprint density at radius 2 is 2.20 bits per heavy atom. The quantitative estimate of drug-likeness (QED) is 0.915. The first-order valence-electron chi connectivity index (χ1n) is 6.83. The number of aromatic nitrogens is 4. The molecule has 3 rings (SSSR count). The molecule has 0 saturated carbocycles. The SMILES string of the molecule is Cc1cnc([C@@H]2CN(Cc3nc[nH]c3C)CCO2)cn1. The van der Waals surface area contributed by atoms with E-state index in [2.05, 4.69) is 24.8 Å². The number of morpholine rings is 1. The fraction of sp³-hybridized carbons (Fsp3) is 0.500. The second-order valence-electron chi connectivity index (χ2n) is 5.15. The maximum absolute atomic E-state index is 5.81. The summed E-state index contributed by atoms with van der Waals surface area (Å²) in [5.41, 5.74) is 4.05. The van der Waals surface area contributed by atoms with Gasteiger partial charge in [-0.25, -0.2) is 4.98 Å². The number of hydrogen-bond donors (Lipinski definition) is 1. The van der Waals surface area contributed by atoms with Crippen LogP contribution in [0.15, 0.2) is 18.7 Å². The van der Waals surface area contributed by atoms with Gasteiger partial charge < -0.3 is 9.72 Å². The molecule has 3 heterocycles. The summed E-state index contributed by atoms with van der Waals surface area (Å²) in [5.74, 6) is 0. The monoisotopic (exact) mass is 273 g/mol. The molecule has 0 unspecified atom stereocenters. The molecule has 1 atom stereocenters. The Morgan fingerprint density at radius 1 is 1.30 bits per heavy atom. The van der Waals surface area contributed by atoms with Crippen molar-refractivity contribution in [3.63, 3.8) is 0 Å². The topological polar surface area (TPSA) is 66.9 Å². The zero-order chi connectivity index (χ0) is 13.9. The van der Waals surface area contributed by atoms with Gasteiger partial charge in [-0.2, -0.15) is 0 Å². The normalized spacial score (nSPS) is 20.2. The lowest BCUT2D eigenvalue weighted by Gasteiger charge is -2.32. The molecular weight excluding hydrogens is 254 g/mol. The van der Waals surface area contributed by atoms with Crippen LogP contribution in [0.3, 0.4) is 0 Å². The largest absolute Gasteiger partial charge is 0.369 e. The predicted molar refractivity (Wildman–Crippen MR) is 74.1 cm³/mol. The zero-order valence-corrected chi connectivity index (χ0v) is 11.8. The Bertz CT molecular complexity index is 565. The van der Waals surface area contributed by atoms with Gasteiger partial charge in [-0.1, -0.05) is 0 Å². The molecule has 1 saturated heterocycles. The highest BCUT2D eigenvalue weighted by Crippen LogP contribution is 2.21. The summed E-state index contributed by atoms with van der Waals surface area (Å²) in [7, 11) is 0. The molecule has 0 aromatic carbocycles. The highest BCUT2D eigenvalue weighted by Gasteiger charge is 2.24. The molecule has 2 aromatic rings. The summed E-state index contributed by atoms with van der Waals surface area (Å²) < 4.78 is 5.81. The minimum absolute atomic E-state index is 0.00361. The van der Waals surface area contributed by atoms with Gasteiger partial charge in [-0.05, 0) is 13.8 Å². The van der Waals surface area contributed by atoms with E-state index in [1.165, 1.54) is 0 Å². The first-order valence-corrected chi connectivity index (χ1v) is 6.83. The van der Waals surface area contributed by atoms with E-state index in [1.807, 2.05) is 20.0 Å².